The average Bonchev–Trinajstić information content (AvgIpc) is 2.98. The van der Waals surface area contributed by atoms with Gasteiger partial charge >= 0.3 is 0 Å². The van der Waals surface area contributed by atoms with Gasteiger partial charge in [0, 0.05) is 30.4 Å². The third-order valence-electron chi connectivity index (χ3n) is 2.70. The Hall–Kier alpha value is -1.29. The summed E-state index contributed by atoms with van der Waals surface area (Å²) in [5.41, 5.74) is 0. The Balaban J connectivity index is 1.80. The van der Waals surface area contributed by atoms with E-state index in [1.54, 1.807) is 0 Å². The molecule has 0 aliphatic rings. The van der Waals surface area contributed by atoms with Crippen molar-refractivity contribution in [1.82, 2.24) is 9.55 Å². The van der Waals surface area contributed by atoms with E-state index in [9.17, 15) is 0 Å². The zero-order chi connectivity index (χ0) is 11.9. The second kappa shape index (κ2) is 6.45. The highest BCUT2D eigenvalue weighted by atomic mass is 32.1. The van der Waals surface area contributed by atoms with E-state index >= 15 is 0 Å². The van der Waals surface area contributed by atoms with E-state index in [4.69, 9.17) is 0 Å². The number of imidazole rings is 1. The number of unbranched alkanes of at least 4 members (excludes halogenated alkanes) is 1. The first-order valence-corrected chi connectivity index (χ1v) is 7.05. The summed E-state index contributed by atoms with van der Waals surface area (Å²) in [7, 11) is 0. The highest BCUT2D eigenvalue weighted by molar-refractivity contribution is 7.09. The van der Waals surface area contributed by atoms with Crippen LogP contribution < -0.4 is 5.32 Å². The lowest BCUT2D eigenvalue weighted by Gasteiger charge is -2.08. The van der Waals surface area contributed by atoms with Gasteiger partial charge in [0.15, 0.2) is 0 Å². The van der Waals surface area contributed by atoms with Gasteiger partial charge in [-0.1, -0.05) is 19.4 Å². The third kappa shape index (κ3) is 3.60. The molecule has 0 aromatic carbocycles. The van der Waals surface area contributed by atoms with Crippen LogP contribution in [0.4, 0.5) is 5.95 Å². The topological polar surface area (TPSA) is 29.9 Å². The normalized spacial score (nSPS) is 10.6. The minimum Gasteiger partial charge on any atom is -0.355 e. The maximum absolute atomic E-state index is 4.34. The maximum Gasteiger partial charge on any atom is 0.202 e. The lowest BCUT2D eigenvalue weighted by molar-refractivity contribution is 0.635. The fourth-order valence-corrected chi connectivity index (χ4v) is 2.45. The van der Waals surface area contributed by atoms with Gasteiger partial charge in [0.25, 0.3) is 0 Å². The van der Waals surface area contributed by atoms with Gasteiger partial charge in [0.05, 0.1) is 0 Å². The molecule has 2 aromatic heterocycles. The summed E-state index contributed by atoms with van der Waals surface area (Å²) in [6.45, 7) is 4.21. The molecule has 0 radical (unpaired) electrons. The fourth-order valence-electron chi connectivity index (χ4n) is 1.74. The second-order valence-corrected chi connectivity index (χ2v) is 5.09. The molecule has 0 aliphatic carbocycles. The molecule has 0 atom stereocenters. The molecule has 0 aliphatic heterocycles. The van der Waals surface area contributed by atoms with Gasteiger partial charge in [-0.2, -0.15) is 0 Å². The molecule has 0 saturated carbocycles. The number of rotatable bonds is 7. The average molecular weight is 249 g/mol. The molecule has 92 valence electrons. The minimum atomic E-state index is 0.948. The first-order valence-electron chi connectivity index (χ1n) is 6.17. The molecule has 0 unspecified atom stereocenters. The Morgan fingerprint density at radius 1 is 1.47 bits per heavy atom. The third-order valence-corrected chi connectivity index (χ3v) is 3.64. The van der Waals surface area contributed by atoms with Crippen molar-refractivity contribution in [3.8, 4) is 0 Å². The molecule has 0 amide bonds. The lowest BCUT2D eigenvalue weighted by atomic mass is 10.3. The van der Waals surface area contributed by atoms with Crippen molar-refractivity contribution in [1.29, 1.82) is 0 Å². The number of anilines is 1. The van der Waals surface area contributed by atoms with Gasteiger partial charge in [0.2, 0.25) is 5.95 Å². The molecule has 3 nitrogen and oxygen atoms in total. The summed E-state index contributed by atoms with van der Waals surface area (Å²) in [5, 5.41) is 5.52. The van der Waals surface area contributed by atoms with Crippen LogP contribution in [0.15, 0.2) is 29.9 Å². The zero-order valence-electron chi connectivity index (χ0n) is 10.2. The summed E-state index contributed by atoms with van der Waals surface area (Å²) < 4.78 is 2.19. The monoisotopic (exact) mass is 249 g/mol. The van der Waals surface area contributed by atoms with Crippen LogP contribution in [0.25, 0.3) is 0 Å². The maximum atomic E-state index is 4.34. The summed E-state index contributed by atoms with van der Waals surface area (Å²) in [6, 6.07) is 4.28. The standard InChI is InChI=1S/C13H19N3S/c1-2-3-9-16-10-8-15-13(16)14-7-6-12-5-4-11-17-12/h4-5,8,10-11H,2-3,6-7,9H2,1H3,(H,14,15). The Kier molecular flexibility index (Phi) is 4.62. The van der Waals surface area contributed by atoms with Crippen molar-refractivity contribution < 1.29 is 0 Å². The highest BCUT2D eigenvalue weighted by Gasteiger charge is 2.01. The van der Waals surface area contributed by atoms with Crippen LogP contribution in [0.3, 0.4) is 0 Å². The molecular formula is C13H19N3S. The van der Waals surface area contributed by atoms with Crippen LogP contribution >= 0.6 is 11.3 Å². The Labute approximate surface area is 107 Å². The van der Waals surface area contributed by atoms with Gasteiger partial charge in [-0.3, -0.25) is 0 Å². The molecule has 2 heterocycles. The molecule has 0 saturated heterocycles. The highest BCUT2D eigenvalue weighted by Crippen LogP contribution is 2.10. The van der Waals surface area contributed by atoms with Gasteiger partial charge in [0.1, 0.15) is 0 Å². The summed E-state index contributed by atoms with van der Waals surface area (Å²) in [6.07, 6.45) is 7.40. The van der Waals surface area contributed by atoms with Crippen LogP contribution in [0.1, 0.15) is 24.6 Å². The first-order chi connectivity index (χ1) is 8.40. The first kappa shape index (κ1) is 12.2. The van der Waals surface area contributed by atoms with E-state index in [1.165, 1.54) is 17.7 Å². The number of aromatic nitrogens is 2. The number of hydrogen-bond donors (Lipinski definition) is 1. The van der Waals surface area contributed by atoms with Crippen molar-refractivity contribution in [3.05, 3.63) is 34.8 Å². The lowest BCUT2D eigenvalue weighted by Crippen LogP contribution is -2.10. The minimum absolute atomic E-state index is 0.948. The molecule has 0 fully saturated rings. The Bertz CT molecular complexity index is 420. The molecule has 1 N–H and O–H groups in total. The number of hydrogen-bond acceptors (Lipinski definition) is 3. The van der Waals surface area contributed by atoms with Crippen LogP contribution in [0.2, 0.25) is 0 Å². The van der Waals surface area contributed by atoms with Gasteiger partial charge in [-0.05, 0) is 24.3 Å². The molecule has 0 spiro atoms. The Morgan fingerprint density at radius 2 is 2.41 bits per heavy atom. The van der Waals surface area contributed by atoms with Gasteiger partial charge < -0.3 is 9.88 Å². The van der Waals surface area contributed by atoms with Crippen molar-refractivity contribution in [2.24, 2.45) is 0 Å². The van der Waals surface area contributed by atoms with Crippen LogP contribution in [0, 0.1) is 0 Å². The van der Waals surface area contributed by atoms with Crippen molar-refractivity contribution in [3.63, 3.8) is 0 Å². The van der Waals surface area contributed by atoms with E-state index in [0.29, 0.717) is 0 Å². The zero-order valence-corrected chi connectivity index (χ0v) is 11.0. The summed E-state index contributed by atoms with van der Waals surface area (Å²) >= 11 is 1.81. The number of nitrogens with one attached hydrogen (secondary N) is 1. The fraction of sp³-hybridized carbons (Fsp3) is 0.462. The van der Waals surface area contributed by atoms with Crippen LogP contribution in [-0.4, -0.2) is 16.1 Å². The number of aryl methyl sites for hydroxylation is 1. The van der Waals surface area contributed by atoms with Gasteiger partial charge in [-0.25, -0.2) is 4.98 Å². The van der Waals surface area contributed by atoms with E-state index in [1.807, 2.05) is 23.7 Å². The number of nitrogens with zero attached hydrogens (tertiary/aromatic N) is 2. The Morgan fingerprint density at radius 3 is 3.18 bits per heavy atom. The summed E-state index contributed by atoms with van der Waals surface area (Å²) in [4.78, 5) is 5.76. The predicted octanol–water partition coefficient (Wildman–Crippen LogP) is 3.40. The van der Waals surface area contributed by atoms with E-state index in [0.717, 1.165) is 25.5 Å². The molecule has 2 rings (SSSR count). The molecule has 4 heteroatoms. The molecule has 2 aromatic rings. The predicted molar refractivity (Wildman–Crippen MR) is 73.6 cm³/mol. The SMILES string of the molecule is CCCCn1ccnc1NCCc1cccs1. The molecule has 17 heavy (non-hydrogen) atoms. The van der Waals surface area contributed by atoms with Crippen molar-refractivity contribution >= 4 is 17.3 Å². The van der Waals surface area contributed by atoms with Crippen LogP contribution in [-0.2, 0) is 13.0 Å². The van der Waals surface area contributed by atoms with Crippen molar-refractivity contribution in [2.75, 3.05) is 11.9 Å². The van der Waals surface area contributed by atoms with Gasteiger partial charge in [-0.15, -0.1) is 11.3 Å². The largest absolute Gasteiger partial charge is 0.355 e. The van der Waals surface area contributed by atoms with E-state index < -0.39 is 0 Å². The quantitative estimate of drug-likeness (QED) is 0.815. The molecule has 0 bridgehead atoms. The number of thiophene rings is 1. The smallest absolute Gasteiger partial charge is 0.202 e. The second-order valence-electron chi connectivity index (χ2n) is 4.05. The summed E-state index contributed by atoms with van der Waals surface area (Å²) in [5.74, 6) is 0.995. The van der Waals surface area contributed by atoms with E-state index in [-0.39, 0.29) is 0 Å². The van der Waals surface area contributed by atoms with E-state index in [2.05, 4.69) is 39.3 Å². The van der Waals surface area contributed by atoms with Crippen molar-refractivity contribution in [2.45, 2.75) is 32.7 Å². The molecular weight excluding hydrogens is 230 g/mol. The van der Waals surface area contributed by atoms with Crippen LogP contribution in [0.5, 0.6) is 0 Å².